The van der Waals surface area contributed by atoms with Gasteiger partial charge in [-0.1, -0.05) is 29.8 Å². The van der Waals surface area contributed by atoms with Gasteiger partial charge in [0, 0.05) is 24.7 Å². The number of carbonyl (C=O) groups is 2. The molecule has 2 amide bonds. The van der Waals surface area contributed by atoms with Crippen molar-refractivity contribution in [2.45, 2.75) is 12.8 Å². The topological polar surface area (TPSA) is 58.6 Å². The molecule has 0 aromatic heterocycles. The van der Waals surface area contributed by atoms with Crippen molar-refractivity contribution < 1.29 is 18.7 Å². The fraction of sp³-hybridized carbons (Fsp3) is 0.300. The molecule has 0 bridgehead atoms. The molecule has 0 atom stereocenters. The molecule has 5 nitrogen and oxygen atoms in total. The van der Waals surface area contributed by atoms with Crippen LogP contribution >= 0.6 is 11.6 Å². The maximum Gasteiger partial charge on any atom is 0.260 e. The number of amides is 2. The SMILES string of the molecule is O=C(Nc1ccc(F)c(Cl)c1)C1CCN(C(=O)COc2ccccc2)CC1. The van der Waals surface area contributed by atoms with Crippen LogP contribution in [0.5, 0.6) is 5.75 Å². The van der Waals surface area contributed by atoms with Crippen molar-refractivity contribution >= 4 is 29.1 Å². The summed E-state index contributed by atoms with van der Waals surface area (Å²) < 4.78 is 18.7. The van der Waals surface area contributed by atoms with E-state index in [0.717, 1.165) is 0 Å². The van der Waals surface area contributed by atoms with E-state index in [4.69, 9.17) is 16.3 Å². The van der Waals surface area contributed by atoms with Gasteiger partial charge in [0.05, 0.1) is 5.02 Å². The van der Waals surface area contributed by atoms with Crippen LogP contribution in [0.25, 0.3) is 0 Å². The third kappa shape index (κ3) is 5.20. The summed E-state index contributed by atoms with van der Waals surface area (Å²) in [6.45, 7) is 0.980. The van der Waals surface area contributed by atoms with Crippen molar-refractivity contribution in [2.24, 2.45) is 5.92 Å². The molecule has 0 unspecified atom stereocenters. The Kier molecular flexibility index (Phi) is 6.29. The van der Waals surface area contributed by atoms with E-state index in [2.05, 4.69) is 5.32 Å². The molecule has 2 aromatic rings. The minimum atomic E-state index is -0.529. The monoisotopic (exact) mass is 390 g/mol. The van der Waals surface area contributed by atoms with Gasteiger partial charge in [0.1, 0.15) is 11.6 Å². The van der Waals surface area contributed by atoms with E-state index < -0.39 is 5.82 Å². The zero-order chi connectivity index (χ0) is 19.2. The highest BCUT2D eigenvalue weighted by Crippen LogP contribution is 2.23. The van der Waals surface area contributed by atoms with Gasteiger partial charge < -0.3 is 15.0 Å². The lowest BCUT2D eigenvalue weighted by Crippen LogP contribution is -2.43. The van der Waals surface area contributed by atoms with Crippen LogP contribution in [0.15, 0.2) is 48.5 Å². The highest BCUT2D eigenvalue weighted by molar-refractivity contribution is 6.31. The number of para-hydroxylation sites is 1. The van der Waals surface area contributed by atoms with Gasteiger partial charge in [-0.15, -0.1) is 0 Å². The summed E-state index contributed by atoms with van der Waals surface area (Å²) >= 11 is 5.73. The van der Waals surface area contributed by atoms with Crippen LogP contribution in [0.4, 0.5) is 10.1 Å². The molecule has 1 fully saturated rings. The average Bonchev–Trinajstić information content (AvgIpc) is 2.70. The van der Waals surface area contributed by atoms with Crippen LogP contribution in [-0.4, -0.2) is 36.4 Å². The molecule has 0 aliphatic carbocycles. The number of hydrogen-bond acceptors (Lipinski definition) is 3. The van der Waals surface area contributed by atoms with Crippen molar-refractivity contribution in [1.29, 1.82) is 0 Å². The third-order valence-corrected chi connectivity index (χ3v) is 4.80. The van der Waals surface area contributed by atoms with Crippen LogP contribution < -0.4 is 10.1 Å². The van der Waals surface area contributed by atoms with Crippen molar-refractivity contribution in [3.05, 3.63) is 59.4 Å². The summed E-state index contributed by atoms with van der Waals surface area (Å²) in [6, 6.07) is 13.2. The van der Waals surface area contributed by atoms with Crippen LogP contribution in [0.2, 0.25) is 5.02 Å². The van der Waals surface area contributed by atoms with Crippen molar-refractivity contribution in [3.8, 4) is 5.75 Å². The van der Waals surface area contributed by atoms with Gasteiger partial charge in [0.15, 0.2) is 6.61 Å². The smallest absolute Gasteiger partial charge is 0.260 e. The highest BCUT2D eigenvalue weighted by atomic mass is 35.5. The van der Waals surface area contributed by atoms with Crippen molar-refractivity contribution in [2.75, 3.05) is 25.0 Å². The number of hydrogen-bond donors (Lipinski definition) is 1. The van der Waals surface area contributed by atoms with Gasteiger partial charge in [-0.25, -0.2) is 4.39 Å². The number of benzene rings is 2. The van der Waals surface area contributed by atoms with E-state index in [1.165, 1.54) is 18.2 Å². The van der Waals surface area contributed by atoms with Crippen LogP contribution in [-0.2, 0) is 9.59 Å². The summed E-state index contributed by atoms with van der Waals surface area (Å²) in [7, 11) is 0. The second-order valence-electron chi connectivity index (χ2n) is 6.37. The molecule has 1 saturated heterocycles. The number of nitrogens with one attached hydrogen (secondary N) is 1. The summed E-state index contributed by atoms with van der Waals surface area (Å²) in [4.78, 5) is 26.3. The van der Waals surface area contributed by atoms with Gasteiger partial charge in [0.25, 0.3) is 5.91 Å². The molecule has 1 aliphatic rings. The molecule has 7 heteroatoms. The first-order chi connectivity index (χ1) is 13.0. The zero-order valence-electron chi connectivity index (χ0n) is 14.7. The number of piperidine rings is 1. The van der Waals surface area contributed by atoms with E-state index in [-0.39, 0.29) is 29.4 Å². The van der Waals surface area contributed by atoms with Crippen molar-refractivity contribution in [3.63, 3.8) is 0 Å². The van der Waals surface area contributed by atoms with E-state index >= 15 is 0 Å². The quantitative estimate of drug-likeness (QED) is 0.846. The number of ether oxygens (including phenoxy) is 1. The predicted octanol–water partition coefficient (Wildman–Crippen LogP) is 3.74. The van der Waals surface area contributed by atoms with Gasteiger partial charge in [0.2, 0.25) is 5.91 Å². The van der Waals surface area contributed by atoms with Gasteiger partial charge >= 0.3 is 0 Å². The Morgan fingerprint density at radius 1 is 1.15 bits per heavy atom. The van der Waals surface area contributed by atoms with E-state index in [9.17, 15) is 14.0 Å². The predicted molar refractivity (Wildman–Crippen MR) is 101 cm³/mol. The molecule has 0 radical (unpaired) electrons. The Balaban J connectivity index is 1.45. The number of anilines is 1. The fourth-order valence-electron chi connectivity index (χ4n) is 2.96. The zero-order valence-corrected chi connectivity index (χ0v) is 15.4. The summed E-state index contributed by atoms with van der Waals surface area (Å²) in [5.41, 5.74) is 0.459. The van der Waals surface area contributed by atoms with Crippen LogP contribution in [0.1, 0.15) is 12.8 Å². The first kappa shape index (κ1) is 19.2. The molecule has 142 valence electrons. The maximum absolute atomic E-state index is 13.2. The van der Waals surface area contributed by atoms with Crippen molar-refractivity contribution in [1.82, 2.24) is 4.90 Å². The van der Waals surface area contributed by atoms with E-state index in [1.807, 2.05) is 18.2 Å². The van der Waals surface area contributed by atoms with E-state index in [0.29, 0.717) is 37.4 Å². The summed E-state index contributed by atoms with van der Waals surface area (Å²) in [5, 5.41) is 2.72. The van der Waals surface area contributed by atoms with Gasteiger partial charge in [-0.3, -0.25) is 9.59 Å². The Labute approximate surface area is 162 Å². The van der Waals surface area contributed by atoms with Crippen LogP contribution in [0.3, 0.4) is 0 Å². The number of halogens is 2. The second kappa shape index (κ2) is 8.86. The highest BCUT2D eigenvalue weighted by Gasteiger charge is 2.27. The number of likely N-dealkylation sites (tertiary alicyclic amines) is 1. The molecule has 27 heavy (non-hydrogen) atoms. The lowest BCUT2D eigenvalue weighted by atomic mass is 9.95. The molecule has 1 aliphatic heterocycles. The van der Waals surface area contributed by atoms with Gasteiger partial charge in [-0.05, 0) is 43.2 Å². The molecule has 3 rings (SSSR count). The standard InChI is InChI=1S/C20H20ClFN2O3/c21-17-12-15(6-7-18(17)22)23-20(26)14-8-10-24(11-9-14)19(25)13-27-16-4-2-1-3-5-16/h1-7,12,14H,8-11,13H2,(H,23,26). The lowest BCUT2D eigenvalue weighted by Gasteiger charge is -2.31. The summed E-state index contributed by atoms with van der Waals surface area (Å²) in [6.07, 6.45) is 1.13. The Bertz CT molecular complexity index is 808. The minimum Gasteiger partial charge on any atom is -0.484 e. The average molecular weight is 391 g/mol. The molecule has 1 heterocycles. The Hall–Kier alpha value is -2.60. The lowest BCUT2D eigenvalue weighted by molar-refractivity contribution is -0.136. The van der Waals surface area contributed by atoms with Gasteiger partial charge in [-0.2, -0.15) is 0 Å². The Morgan fingerprint density at radius 2 is 1.85 bits per heavy atom. The normalized spacial score (nSPS) is 14.7. The molecule has 0 saturated carbocycles. The molecule has 0 spiro atoms. The van der Waals surface area contributed by atoms with Crippen LogP contribution in [0, 0.1) is 11.7 Å². The number of carbonyl (C=O) groups excluding carboxylic acids is 2. The largest absolute Gasteiger partial charge is 0.484 e. The first-order valence-corrected chi connectivity index (χ1v) is 9.12. The Morgan fingerprint density at radius 3 is 2.52 bits per heavy atom. The molecule has 1 N–H and O–H groups in total. The second-order valence-corrected chi connectivity index (χ2v) is 6.78. The number of rotatable bonds is 5. The maximum atomic E-state index is 13.2. The fourth-order valence-corrected chi connectivity index (χ4v) is 3.14. The third-order valence-electron chi connectivity index (χ3n) is 4.51. The molecular weight excluding hydrogens is 371 g/mol. The molecular formula is C20H20ClFN2O3. The first-order valence-electron chi connectivity index (χ1n) is 8.74. The molecule has 2 aromatic carbocycles. The summed E-state index contributed by atoms with van der Waals surface area (Å²) in [5.74, 6) is -0.321. The minimum absolute atomic E-state index is 0.0189. The van der Waals surface area contributed by atoms with E-state index in [1.54, 1.807) is 17.0 Å². The number of nitrogens with zero attached hydrogens (tertiary/aromatic N) is 1.